The number of para-hydroxylation sites is 1. The first kappa shape index (κ1) is 14.6. The predicted octanol–water partition coefficient (Wildman–Crippen LogP) is 2.81. The maximum Gasteiger partial charge on any atom is 0.287 e. The van der Waals surface area contributed by atoms with Crippen LogP contribution < -0.4 is 10.7 Å². The van der Waals surface area contributed by atoms with Crippen LogP contribution in [0.15, 0.2) is 33.5 Å². The lowest BCUT2D eigenvalue weighted by atomic mass is 9.89. The molecule has 0 unspecified atom stereocenters. The van der Waals surface area contributed by atoms with Crippen molar-refractivity contribution in [2.45, 2.75) is 32.1 Å². The molecule has 0 spiro atoms. The molecule has 0 bridgehead atoms. The van der Waals surface area contributed by atoms with Gasteiger partial charge in [0.05, 0.1) is 5.39 Å². The number of nitrogens with one attached hydrogen (secondary N) is 1. The van der Waals surface area contributed by atoms with Crippen LogP contribution in [-0.4, -0.2) is 17.6 Å². The minimum atomic E-state index is -0.409. The maximum absolute atomic E-state index is 12.2. The Morgan fingerprint density at radius 3 is 2.82 bits per heavy atom. The Kier molecular flexibility index (Phi) is 4.13. The number of carbonyl (C=O) groups is 1. The highest BCUT2D eigenvalue weighted by Crippen LogP contribution is 2.24. The van der Waals surface area contributed by atoms with Crippen molar-refractivity contribution >= 4 is 16.9 Å². The van der Waals surface area contributed by atoms with E-state index < -0.39 is 5.91 Å². The van der Waals surface area contributed by atoms with Gasteiger partial charge in [-0.1, -0.05) is 25.3 Å². The fourth-order valence-electron chi connectivity index (χ4n) is 2.99. The summed E-state index contributed by atoms with van der Waals surface area (Å²) < 4.78 is 5.41. The molecule has 1 fully saturated rings. The zero-order valence-corrected chi connectivity index (χ0v) is 12.3. The van der Waals surface area contributed by atoms with E-state index in [2.05, 4.69) is 5.32 Å². The molecule has 1 aliphatic carbocycles. The van der Waals surface area contributed by atoms with Crippen molar-refractivity contribution in [3.05, 3.63) is 40.2 Å². The molecule has 116 valence electrons. The Balaban J connectivity index is 1.79. The molecule has 1 saturated carbocycles. The molecule has 3 rings (SSSR count). The average Bonchev–Trinajstić information content (AvgIpc) is 2.54. The fourth-order valence-corrected chi connectivity index (χ4v) is 2.99. The van der Waals surface area contributed by atoms with Gasteiger partial charge in [0.1, 0.15) is 0 Å². The van der Waals surface area contributed by atoms with E-state index in [1.54, 1.807) is 12.1 Å². The highest BCUT2D eigenvalue weighted by atomic mass is 16.4. The van der Waals surface area contributed by atoms with Gasteiger partial charge in [-0.25, -0.2) is 0 Å². The Morgan fingerprint density at radius 2 is 2.05 bits per heavy atom. The molecular formula is C17H19NO4. The second-order valence-electron chi connectivity index (χ2n) is 5.84. The van der Waals surface area contributed by atoms with Crippen molar-refractivity contribution in [2.24, 2.45) is 5.92 Å². The molecule has 0 saturated heterocycles. The number of hydrogen-bond donors (Lipinski definition) is 2. The number of benzene rings is 1. The fraction of sp³-hybridized carbons (Fsp3) is 0.412. The zero-order chi connectivity index (χ0) is 15.5. The molecule has 1 aromatic heterocycles. The molecule has 1 aromatic carbocycles. The summed E-state index contributed by atoms with van der Waals surface area (Å²) in [5.74, 6) is -0.113. The highest BCUT2D eigenvalue weighted by molar-refractivity contribution is 5.93. The number of phenols is 1. The average molecular weight is 301 g/mol. The van der Waals surface area contributed by atoms with Gasteiger partial charge in [-0.2, -0.15) is 0 Å². The first-order valence-corrected chi connectivity index (χ1v) is 7.69. The molecule has 22 heavy (non-hydrogen) atoms. The van der Waals surface area contributed by atoms with Crippen molar-refractivity contribution in [3.63, 3.8) is 0 Å². The van der Waals surface area contributed by atoms with Gasteiger partial charge in [-0.05, 0) is 30.9 Å². The van der Waals surface area contributed by atoms with Crippen LogP contribution >= 0.6 is 0 Å². The molecule has 1 heterocycles. The van der Waals surface area contributed by atoms with Crippen LogP contribution in [0.5, 0.6) is 5.75 Å². The summed E-state index contributed by atoms with van der Waals surface area (Å²) in [6.07, 6.45) is 5.94. The van der Waals surface area contributed by atoms with E-state index in [1.807, 2.05) is 0 Å². The van der Waals surface area contributed by atoms with Crippen LogP contribution in [0.1, 0.15) is 42.7 Å². The summed E-state index contributed by atoms with van der Waals surface area (Å²) in [4.78, 5) is 24.2. The van der Waals surface area contributed by atoms with Crippen molar-refractivity contribution in [1.29, 1.82) is 0 Å². The van der Waals surface area contributed by atoms with E-state index in [1.165, 1.54) is 31.4 Å². The summed E-state index contributed by atoms with van der Waals surface area (Å²) in [7, 11) is 0. The molecule has 0 radical (unpaired) electrons. The molecule has 0 atom stereocenters. The van der Waals surface area contributed by atoms with E-state index in [9.17, 15) is 14.7 Å². The minimum absolute atomic E-state index is 0.0535. The first-order chi connectivity index (χ1) is 10.6. The van der Waals surface area contributed by atoms with Crippen LogP contribution in [0, 0.1) is 5.92 Å². The summed E-state index contributed by atoms with van der Waals surface area (Å²) in [5, 5.41) is 12.9. The third kappa shape index (κ3) is 2.98. The number of hydrogen-bond acceptors (Lipinski definition) is 4. The third-order valence-corrected chi connectivity index (χ3v) is 4.23. The molecule has 1 amide bonds. The number of phenolic OH excluding ortho intramolecular Hbond substituents is 1. The third-order valence-electron chi connectivity index (χ3n) is 4.23. The lowest BCUT2D eigenvalue weighted by Gasteiger charge is -2.21. The topological polar surface area (TPSA) is 79.5 Å². The Morgan fingerprint density at radius 1 is 1.27 bits per heavy atom. The molecule has 0 aliphatic heterocycles. The van der Waals surface area contributed by atoms with E-state index in [-0.39, 0.29) is 27.9 Å². The maximum atomic E-state index is 12.2. The first-order valence-electron chi connectivity index (χ1n) is 7.69. The van der Waals surface area contributed by atoms with Crippen molar-refractivity contribution in [3.8, 4) is 5.75 Å². The van der Waals surface area contributed by atoms with Gasteiger partial charge in [-0.3, -0.25) is 9.59 Å². The second-order valence-corrected chi connectivity index (χ2v) is 5.84. The summed E-state index contributed by atoms with van der Waals surface area (Å²) in [5.41, 5.74) is -0.280. The van der Waals surface area contributed by atoms with Crippen LogP contribution in [0.3, 0.4) is 0 Å². The van der Waals surface area contributed by atoms with E-state index in [0.29, 0.717) is 12.5 Å². The highest BCUT2D eigenvalue weighted by Gasteiger charge is 2.17. The molecule has 2 N–H and O–H groups in total. The molecule has 5 heteroatoms. The van der Waals surface area contributed by atoms with E-state index in [4.69, 9.17) is 4.42 Å². The monoisotopic (exact) mass is 301 g/mol. The predicted molar refractivity (Wildman–Crippen MR) is 83.1 cm³/mol. The van der Waals surface area contributed by atoms with Crippen molar-refractivity contribution < 1.29 is 14.3 Å². The van der Waals surface area contributed by atoms with Gasteiger partial charge in [0.25, 0.3) is 5.91 Å². The van der Waals surface area contributed by atoms with Gasteiger partial charge in [0.2, 0.25) is 0 Å². The van der Waals surface area contributed by atoms with Crippen LogP contribution in [-0.2, 0) is 0 Å². The number of carbonyl (C=O) groups excluding carboxylic acids is 1. The SMILES string of the molecule is O=C(NCC1CCCCC1)c1cc(=O)c2cccc(O)c2o1. The lowest BCUT2D eigenvalue weighted by molar-refractivity contribution is 0.0916. The zero-order valence-electron chi connectivity index (χ0n) is 12.3. The largest absolute Gasteiger partial charge is 0.504 e. The molecule has 5 nitrogen and oxygen atoms in total. The van der Waals surface area contributed by atoms with Gasteiger partial charge in [0.15, 0.2) is 22.5 Å². The van der Waals surface area contributed by atoms with Gasteiger partial charge >= 0.3 is 0 Å². The molecule has 1 aliphatic rings. The lowest BCUT2D eigenvalue weighted by Crippen LogP contribution is -2.30. The van der Waals surface area contributed by atoms with Crippen LogP contribution in [0.4, 0.5) is 0 Å². The minimum Gasteiger partial charge on any atom is -0.504 e. The van der Waals surface area contributed by atoms with Crippen LogP contribution in [0.25, 0.3) is 11.0 Å². The van der Waals surface area contributed by atoms with Gasteiger partial charge < -0.3 is 14.8 Å². The van der Waals surface area contributed by atoms with Crippen molar-refractivity contribution in [2.75, 3.05) is 6.54 Å². The number of amides is 1. The van der Waals surface area contributed by atoms with Crippen molar-refractivity contribution in [1.82, 2.24) is 5.32 Å². The summed E-state index contributed by atoms with van der Waals surface area (Å²) >= 11 is 0. The smallest absolute Gasteiger partial charge is 0.287 e. The number of rotatable bonds is 3. The van der Waals surface area contributed by atoms with Gasteiger partial charge in [0, 0.05) is 12.6 Å². The summed E-state index contributed by atoms with van der Waals surface area (Å²) in [6.45, 7) is 0.599. The summed E-state index contributed by atoms with van der Waals surface area (Å²) in [6, 6.07) is 5.73. The normalized spacial score (nSPS) is 15.8. The molecule has 2 aromatic rings. The standard InChI is InChI=1S/C17H19NO4/c19-13-8-4-7-12-14(20)9-15(22-16(12)13)17(21)18-10-11-5-2-1-3-6-11/h4,7-9,11,19H,1-3,5-6,10H2,(H,18,21). The number of aromatic hydroxyl groups is 1. The van der Waals surface area contributed by atoms with E-state index >= 15 is 0 Å². The van der Waals surface area contributed by atoms with E-state index in [0.717, 1.165) is 12.8 Å². The second kappa shape index (κ2) is 6.22. The quantitative estimate of drug-likeness (QED) is 0.913. The Labute approximate surface area is 127 Å². The van der Waals surface area contributed by atoms with Gasteiger partial charge in [-0.15, -0.1) is 0 Å². The number of fused-ring (bicyclic) bond motifs is 1. The molecular weight excluding hydrogens is 282 g/mol. The Bertz CT molecular complexity index is 744. The van der Waals surface area contributed by atoms with Crippen LogP contribution in [0.2, 0.25) is 0 Å². The Hall–Kier alpha value is -2.30.